The number of likely N-dealkylation sites (tertiary alicyclic amines) is 1. The molecule has 1 aliphatic heterocycles. The summed E-state index contributed by atoms with van der Waals surface area (Å²) in [6.45, 7) is 7.33. The van der Waals surface area contributed by atoms with Gasteiger partial charge >= 0.3 is 12.1 Å². The Hall–Kier alpha value is -3.08. The van der Waals surface area contributed by atoms with Crippen molar-refractivity contribution >= 4 is 33.9 Å². The zero-order valence-corrected chi connectivity index (χ0v) is 22.3. The lowest BCUT2D eigenvalue weighted by molar-refractivity contribution is -0.137. The molecule has 1 N–H and O–H groups in total. The number of benzene rings is 1. The molecule has 2 heterocycles. The Morgan fingerprint density at radius 2 is 1.92 bits per heavy atom. The summed E-state index contributed by atoms with van der Waals surface area (Å²) in [5, 5.41) is 9.31. The highest BCUT2D eigenvalue weighted by Crippen LogP contribution is 2.27. The normalized spacial score (nSPS) is 14.4. The van der Waals surface area contributed by atoms with Crippen LogP contribution in [0.1, 0.15) is 67.0 Å². The molecule has 36 heavy (non-hydrogen) atoms. The molecule has 11 heteroatoms. The fourth-order valence-electron chi connectivity index (χ4n) is 3.93. The van der Waals surface area contributed by atoms with E-state index in [-0.39, 0.29) is 29.7 Å². The smallest absolute Gasteiger partial charge is 0.410 e. The Morgan fingerprint density at radius 3 is 2.47 bits per heavy atom. The van der Waals surface area contributed by atoms with Gasteiger partial charge in [-0.3, -0.25) is 9.59 Å². The lowest BCUT2D eigenvalue weighted by Crippen LogP contribution is -2.41. The van der Waals surface area contributed by atoms with Crippen molar-refractivity contribution < 1.29 is 28.6 Å². The van der Waals surface area contributed by atoms with Gasteiger partial charge < -0.3 is 19.6 Å². The first-order valence-corrected chi connectivity index (χ1v) is 12.4. The summed E-state index contributed by atoms with van der Waals surface area (Å²) in [7, 11) is 0. The van der Waals surface area contributed by atoms with E-state index in [9.17, 15) is 23.9 Å². The molecule has 1 aromatic carbocycles. The average Bonchev–Trinajstić information content (AvgIpc) is 2.78. The van der Waals surface area contributed by atoms with E-state index in [1.54, 1.807) is 17.9 Å². The summed E-state index contributed by atoms with van der Waals surface area (Å²) in [5.41, 5.74) is 0.198. The number of aliphatic carboxylic acids is 1. The van der Waals surface area contributed by atoms with Crippen molar-refractivity contribution in [2.24, 2.45) is 0 Å². The van der Waals surface area contributed by atoms with Crippen LogP contribution in [-0.2, 0) is 16.1 Å². The van der Waals surface area contributed by atoms with E-state index in [2.05, 4.69) is 25.9 Å². The van der Waals surface area contributed by atoms with Crippen LogP contribution in [0.15, 0.2) is 28.9 Å². The first-order valence-electron chi connectivity index (χ1n) is 11.6. The second kappa shape index (κ2) is 11.3. The number of halogens is 2. The van der Waals surface area contributed by atoms with Crippen LogP contribution >= 0.6 is 15.9 Å². The fraction of sp³-hybridized carbons (Fsp3) is 0.480. The van der Waals surface area contributed by atoms with Gasteiger partial charge in [-0.05, 0) is 52.7 Å². The number of aryl methyl sites for hydroxylation is 1. The predicted molar refractivity (Wildman–Crippen MR) is 133 cm³/mol. The number of carboxylic acid groups (broad SMARTS) is 1. The number of rotatable bonds is 6. The molecule has 2 aromatic rings. The lowest BCUT2D eigenvalue weighted by atomic mass is 9.96. The topological polar surface area (TPSA) is 113 Å². The Balaban J connectivity index is 1.71. The lowest BCUT2D eigenvalue weighted by Gasteiger charge is -2.33. The number of hydrogen-bond acceptors (Lipinski definition) is 6. The van der Waals surface area contributed by atoms with Gasteiger partial charge in [0.25, 0.3) is 5.91 Å². The van der Waals surface area contributed by atoms with Gasteiger partial charge in [0.1, 0.15) is 23.8 Å². The van der Waals surface area contributed by atoms with Crippen molar-refractivity contribution in [3.63, 3.8) is 0 Å². The maximum Gasteiger partial charge on any atom is 0.410 e. The summed E-state index contributed by atoms with van der Waals surface area (Å²) in [5.74, 6) is -1.78. The van der Waals surface area contributed by atoms with Gasteiger partial charge in [-0.2, -0.15) is 0 Å². The first-order chi connectivity index (χ1) is 16.8. The van der Waals surface area contributed by atoms with Crippen molar-refractivity contribution in [2.45, 2.75) is 58.6 Å². The standard InChI is InChI=1S/C25H30BrFN4O5/c1-15-19(23(34)31(14-21(32)33)13-17-5-6-18(26)11-20(17)27)12-28-22(29-15)16-7-9-30(10-8-16)24(35)36-25(2,3)4/h5-6,11-12,16H,7-10,13-14H2,1-4H3,(H,32,33). The van der Waals surface area contributed by atoms with Crippen LogP contribution in [0.4, 0.5) is 9.18 Å². The fourth-order valence-corrected chi connectivity index (χ4v) is 4.26. The van der Waals surface area contributed by atoms with Crippen LogP contribution in [0.2, 0.25) is 0 Å². The summed E-state index contributed by atoms with van der Waals surface area (Å²) in [4.78, 5) is 48.5. The van der Waals surface area contributed by atoms with Gasteiger partial charge in [-0.1, -0.05) is 22.0 Å². The Bertz CT molecular complexity index is 1150. The molecule has 0 atom stereocenters. The maximum absolute atomic E-state index is 14.3. The van der Waals surface area contributed by atoms with Crippen LogP contribution in [0.3, 0.4) is 0 Å². The van der Waals surface area contributed by atoms with Crippen LogP contribution in [0.5, 0.6) is 0 Å². The Labute approximate surface area is 217 Å². The minimum absolute atomic E-state index is 0.0125. The van der Waals surface area contributed by atoms with E-state index < -0.39 is 29.8 Å². The molecule has 0 unspecified atom stereocenters. The zero-order valence-electron chi connectivity index (χ0n) is 20.8. The molecule has 1 saturated heterocycles. The average molecular weight is 565 g/mol. The third-order valence-electron chi connectivity index (χ3n) is 5.73. The molecule has 0 saturated carbocycles. The first kappa shape index (κ1) is 27.5. The van der Waals surface area contributed by atoms with Crippen molar-refractivity contribution in [3.05, 3.63) is 57.3 Å². The number of aromatic nitrogens is 2. The highest BCUT2D eigenvalue weighted by molar-refractivity contribution is 9.10. The summed E-state index contributed by atoms with van der Waals surface area (Å²) in [6.07, 6.45) is 2.35. The molecule has 0 radical (unpaired) electrons. The number of carbonyl (C=O) groups is 3. The quantitative estimate of drug-likeness (QED) is 0.548. The minimum atomic E-state index is -1.21. The molecule has 1 aromatic heterocycles. The molecule has 0 bridgehead atoms. The van der Waals surface area contributed by atoms with E-state index >= 15 is 0 Å². The predicted octanol–water partition coefficient (Wildman–Crippen LogP) is 4.53. The molecule has 194 valence electrons. The highest BCUT2D eigenvalue weighted by atomic mass is 79.9. The molecule has 9 nitrogen and oxygen atoms in total. The van der Waals surface area contributed by atoms with Crippen molar-refractivity contribution in [1.82, 2.24) is 19.8 Å². The Morgan fingerprint density at radius 1 is 1.25 bits per heavy atom. The number of carboxylic acids is 1. The molecule has 0 aliphatic carbocycles. The van der Waals surface area contributed by atoms with E-state index in [0.29, 0.717) is 41.9 Å². The van der Waals surface area contributed by atoms with Crippen LogP contribution < -0.4 is 0 Å². The molecule has 2 amide bonds. The zero-order chi connectivity index (χ0) is 26.6. The Kier molecular flexibility index (Phi) is 8.65. The van der Waals surface area contributed by atoms with Crippen molar-refractivity contribution in [2.75, 3.05) is 19.6 Å². The number of carbonyl (C=O) groups excluding carboxylic acids is 2. The number of piperidine rings is 1. The molecular formula is C25H30BrFN4O5. The van der Waals surface area contributed by atoms with Gasteiger partial charge in [0.05, 0.1) is 11.3 Å². The number of amides is 2. The number of ether oxygens (including phenoxy) is 1. The van der Waals surface area contributed by atoms with Gasteiger partial charge in [0.15, 0.2) is 0 Å². The highest BCUT2D eigenvalue weighted by Gasteiger charge is 2.29. The van der Waals surface area contributed by atoms with Gasteiger partial charge in [-0.25, -0.2) is 19.2 Å². The summed E-state index contributed by atoms with van der Waals surface area (Å²) in [6, 6.07) is 4.38. The van der Waals surface area contributed by atoms with Crippen LogP contribution in [-0.4, -0.2) is 68.1 Å². The van der Waals surface area contributed by atoms with Crippen LogP contribution in [0.25, 0.3) is 0 Å². The van der Waals surface area contributed by atoms with Crippen molar-refractivity contribution in [3.8, 4) is 0 Å². The number of hydrogen-bond donors (Lipinski definition) is 1. The van der Waals surface area contributed by atoms with E-state index in [0.717, 1.165) is 4.90 Å². The third-order valence-corrected chi connectivity index (χ3v) is 6.22. The van der Waals surface area contributed by atoms with Crippen LogP contribution in [0, 0.1) is 12.7 Å². The maximum atomic E-state index is 14.3. The number of nitrogens with zero attached hydrogens (tertiary/aromatic N) is 4. The van der Waals surface area contributed by atoms with Gasteiger partial charge in [0, 0.05) is 41.8 Å². The van der Waals surface area contributed by atoms with E-state index in [4.69, 9.17) is 4.74 Å². The van der Waals surface area contributed by atoms with E-state index in [1.807, 2.05) is 20.8 Å². The molecule has 0 spiro atoms. The third kappa shape index (κ3) is 7.22. The summed E-state index contributed by atoms with van der Waals surface area (Å²) >= 11 is 3.18. The molecular weight excluding hydrogens is 535 g/mol. The van der Waals surface area contributed by atoms with E-state index in [1.165, 1.54) is 18.3 Å². The molecule has 1 aliphatic rings. The monoisotopic (exact) mass is 564 g/mol. The largest absolute Gasteiger partial charge is 0.480 e. The van der Waals surface area contributed by atoms with Gasteiger partial charge in [0.2, 0.25) is 0 Å². The SMILES string of the molecule is Cc1nc(C2CCN(C(=O)OC(C)(C)C)CC2)ncc1C(=O)N(CC(=O)O)Cc1ccc(Br)cc1F. The summed E-state index contributed by atoms with van der Waals surface area (Å²) < 4.78 is 20.3. The molecule has 1 fully saturated rings. The van der Waals surface area contributed by atoms with Gasteiger partial charge in [-0.15, -0.1) is 0 Å². The second-order valence-corrected chi connectivity index (χ2v) is 10.7. The minimum Gasteiger partial charge on any atom is -0.480 e. The molecule has 3 rings (SSSR count). The second-order valence-electron chi connectivity index (χ2n) is 9.76. The van der Waals surface area contributed by atoms with Crippen molar-refractivity contribution in [1.29, 1.82) is 0 Å².